The van der Waals surface area contributed by atoms with Crippen molar-refractivity contribution in [1.29, 1.82) is 0 Å². The normalized spacial score (nSPS) is 13.8. The summed E-state index contributed by atoms with van der Waals surface area (Å²) < 4.78 is 29.2. The van der Waals surface area contributed by atoms with Gasteiger partial charge in [-0.25, -0.2) is 13.4 Å². The van der Waals surface area contributed by atoms with E-state index >= 15 is 0 Å². The summed E-state index contributed by atoms with van der Waals surface area (Å²) in [6.45, 7) is 0.995. The highest BCUT2D eigenvalue weighted by Crippen LogP contribution is 2.34. The Morgan fingerprint density at radius 3 is 2.51 bits per heavy atom. The molecule has 3 aromatic carbocycles. The summed E-state index contributed by atoms with van der Waals surface area (Å²) in [7, 11) is -3.72. The Kier molecular flexibility index (Phi) is 6.90. The Balaban J connectivity index is 1.30. The number of aromatic nitrogens is 2. The molecule has 0 aliphatic carbocycles. The molecule has 2 aromatic heterocycles. The van der Waals surface area contributed by atoms with E-state index < -0.39 is 10.0 Å². The fourth-order valence-electron chi connectivity index (χ4n) is 4.67. The van der Waals surface area contributed by atoms with Crippen molar-refractivity contribution in [2.24, 2.45) is 0 Å². The third kappa shape index (κ3) is 5.06. The maximum atomic E-state index is 13.8. The number of carbonyl (C=O) groups excluding carboxylic acids is 1. The third-order valence-corrected chi connectivity index (χ3v) is 9.94. The van der Waals surface area contributed by atoms with Crippen molar-refractivity contribution >= 4 is 54.2 Å². The second-order valence-electron chi connectivity index (χ2n) is 9.22. The molecule has 0 fully saturated rings. The molecule has 7 nitrogen and oxygen atoms in total. The number of hydrogen-bond acceptors (Lipinski definition) is 6. The van der Waals surface area contributed by atoms with E-state index in [1.807, 2.05) is 48.5 Å². The zero-order valence-electron chi connectivity index (χ0n) is 20.7. The van der Waals surface area contributed by atoms with Gasteiger partial charge in [0, 0.05) is 31.0 Å². The lowest BCUT2D eigenvalue weighted by Crippen LogP contribution is -2.36. The van der Waals surface area contributed by atoms with Gasteiger partial charge in [-0.1, -0.05) is 59.3 Å². The van der Waals surface area contributed by atoms with E-state index in [-0.39, 0.29) is 17.3 Å². The van der Waals surface area contributed by atoms with E-state index in [2.05, 4.69) is 9.97 Å². The first-order valence-electron chi connectivity index (χ1n) is 12.3. The van der Waals surface area contributed by atoms with Gasteiger partial charge in [0.2, 0.25) is 10.0 Å². The van der Waals surface area contributed by atoms with Crippen molar-refractivity contribution in [3.05, 3.63) is 119 Å². The molecule has 39 heavy (non-hydrogen) atoms. The molecule has 0 N–H and O–H groups in total. The number of fused-ring (bicyclic) bond motifs is 2. The third-order valence-electron chi connectivity index (χ3n) is 6.73. The number of para-hydroxylation sites is 1. The van der Waals surface area contributed by atoms with Crippen molar-refractivity contribution < 1.29 is 13.2 Å². The lowest BCUT2D eigenvalue weighted by Gasteiger charge is -2.28. The fourth-order valence-corrected chi connectivity index (χ4v) is 7.35. The van der Waals surface area contributed by atoms with Gasteiger partial charge in [0.05, 0.1) is 21.2 Å². The number of sulfonamides is 1. The first kappa shape index (κ1) is 25.6. The average molecular weight is 575 g/mol. The molecule has 0 radical (unpaired) electrons. The summed E-state index contributed by atoms with van der Waals surface area (Å²) in [5.41, 5.74) is 4.01. The molecule has 1 aliphatic rings. The van der Waals surface area contributed by atoms with Crippen LogP contribution in [0, 0.1) is 0 Å². The van der Waals surface area contributed by atoms with Crippen molar-refractivity contribution in [3.63, 3.8) is 0 Å². The maximum Gasteiger partial charge on any atom is 0.260 e. The predicted molar refractivity (Wildman–Crippen MR) is 154 cm³/mol. The highest BCUT2D eigenvalue weighted by atomic mass is 35.5. The average Bonchev–Trinajstić information content (AvgIpc) is 3.41. The van der Waals surface area contributed by atoms with Crippen LogP contribution in [-0.2, 0) is 29.5 Å². The standard InChI is InChI=1S/C29H23ClN4O3S2/c30-25-8-3-9-26-27(25)32-29(38-26)34(18-20-5-4-15-31-17-20)28(35)22-10-12-24(13-11-22)39(36,37)33-16-14-21-6-1-2-7-23(21)19-33/h1-13,15,17H,14,16,18-19H2. The SMILES string of the molecule is O=C(c1ccc(S(=O)(=O)N2CCc3ccccc3C2)cc1)N(Cc1cccnc1)c1nc2c(Cl)cccc2s1. The molecule has 5 aromatic rings. The van der Waals surface area contributed by atoms with Crippen LogP contribution in [0.3, 0.4) is 0 Å². The van der Waals surface area contributed by atoms with Gasteiger partial charge < -0.3 is 0 Å². The van der Waals surface area contributed by atoms with Crippen LogP contribution in [0.4, 0.5) is 5.13 Å². The van der Waals surface area contributed by atoms with Gasteiger partial charge >= 0.3 is 0 Å². The minimum Gasteiger partial charge on any atom is -0.279 e. The van der Waals surface area contributed by atoms with Gasteiger partial charge in [0.1, 0.15) is 5.52 Å². The van der Waals surface area contributed by atoms with Crippen LogP contribution in [0.1, 0.15) is 27.0 Å². The summed E-state index contributed by atoms with van der Waals surface area (Å²) in [4.78, 5) is 24.4. The number of carbonyl (C=O) groups is 1. The van der Waals surface area contributed by atoms with E-state index in [1.54, 1.807) is 35.5 Å². The Morgan fingerprint density at radius 2 is 1.77 bits per heavy atom. The number of benzene rings is 3. The van der Waals surface area contributed by atoms with E-state index in [1.165, 1.54) is 33.3 Å². The summed E-state index contributed by atoms with van der Waals surface area (Å²) in [5.74, 6) is -0.301. The lowest BCUT2D eigenvalue weighted by atomic mass is 10.0. The molecule has 0 spiro atoms. The number of anilines is 1. The minimum absolute atomic E-state index is 0.156. The van der Waals surface area contributed by atoms with Crippen LogP contribution in [0.25, 0.3) is 10.2 Å². The second-order valence-corrected chi connectivity index (χ2v) is 12.6. The number of rotatable bonds is 6. The van der Waals surface area contributed by atoms with Crippen molar-refractivity contribution in [1.82, 2.24) is 14.3 Å². The van der Waals surface area contributed by atoms with Gasteiger partial charge in [-0.2, -0.15) is 4.31 Å². The molecular formula is C29H23ClN4O3S2. The zero-order valence-corrected chi connectivity index (χ0v) is 23.1. The first-order chi connectivity index (χ1) is 18.9. The number of nitrogens with zero attached hydrogens (tertiary/aromatic N) is 4. The molecule has 0 unspecified atom stereocenters. The van der Waals surface area contributed by atoms with Crippen LogP contribution < -0.4 is 4.90 Å². The monoisotopic (exact) mass is 574 g/mol. The van der Waals surface area contributed by atoms with Crippen LogP contribution in [0.15, 0.2) is 96.2 Å². The molecule has 0 saturated heterocycles. The van der Waals surface area contributed by atoms with Crippen LogP contribution in [-0.4, -0.2) is 35.1 Å². The maximum absolute atomic E-state index is 13.8. The summed E-state index contributed by atoms with van der Waals surface area (Å²) in [6.07, 6.45) is 4.04. The van der Waals surface area contributed by atoms with Crippen LogP contribution >= 0.6 is 22.9 Å². The van der Waals surface area contributed by atoms with E-state index in [0.29, 0.717) is 40.7 Å². The summed E-state index contributed by atoms with van der Waals surface area (Å²) in [5, 5.41) is 1.01. The largest absolute Gasteiger partial charge is 0.279 e. The van der Waals surface area contributed by atoms with Gasteiger partial charge in [-0.05, 0) is 65.6 Å². The molecule has 3 heterocycles. The molecule has 1 amide bonds. The number of thiazole rings is 1. The Bertz CT molecular complexity index is 1770. The van der Waals surface area contributed by atoms with Crippen molar-refractivity contribution in [2.45, 2.75) is 24.4 Å². The number of pyridine rings is 1. The van der Waals surface area contributed by atoms with Crippen molar-refractivity contribution in [3.8, 4) is 0 Å². The Hall–Kier alpha value is -3.63. The zero-order chi connectivity index (χ0) is 27.0. The highest BCUT2D eigenvalue weighted by Gasteiger charge is 2.29. The topological polar surface area (TPSA) is 83.5 Å². The van der Waals surface area contributed by atoms with E-state index in [9.17, 15) is 13.2 Å². The summed E-state index contributed by atoms with van der Waals surface area (Å²) >= 11 is 7.72. The first-order valence-corrected chi connectivity index (χ1v) is 15.0. The second kappa shape index (κ2) is 10.5. The Morgan fingerprint density at radius 1 is 0.974 bits per heavy atom. The quantitative estimate of drug-likeness (QED) is 0.251. The van der Waals surface area contributed by atoms with Crippen LogP contribution in [0.2, 0.25) is 5.02 Å². The van der Waals surface area contributed by atoms with Gasteiger partial charge in [-0.3, -0.25) is 14.7 Å². The molecule has 196 valence electrons. The molecular weight excluding hydrogens is 552 g/mol. The van der Waals surface area contributed by atoms with E-state index in [4.69, 9.17) is 11.6 Å². The van der Waals surface area contributed by atoms with Gasteiger partial charge in [0.25, 0.3) is 5.91 Å². The molecule has 10 heteroatoms. The molecule has 0 atom stereocenters. The molecule has 6 rings (SSSR count). The smallest absolute Gasteiger partial charge is 0.260 e. The molecule has 1 aliphatic heterocycles. The minimum atomic E-state index is -3.72. The van der Waals surface area contributed by atoms with E-state index in [0.717, 1.165) is 15.8 Å². The predicted octanol–water partition coefficient (Wildman–Crippen LogP) is 5.94. The Labute approximate surface area is 235 Å². The highest BCUT2D eigenvalue weighted by molar-refractivity contribution is 7.89. The number of halogens is 1. The van der Waals surface area contributed by atoms with Gasteiger partial charge in [0.15, 0.2) is 5.13 Å². The van der Waals surface area contributed by atoms with Crippen LogP contribution in [0.5, 0.6) is 0 Å². The number of amides is 1. The number of hydrogen-bond donors (Lipinski definition) is 0. The summed E-state index contributed by atoms with van der Waals surface area (Å²) in [6, 6.07) is 23.2. The van der Waals surface area contributed by atoms with Gasteiger partial charge in [-0.15, -0.1) is 0 Å². The fraction of sp³-hybridized carbons (Fsp3) is 0.138. The molecule has 0 bridgehead atoms. The van der Waals surface area contributed by atoms with Crippen molar-refractivity contribution in [2.75, 3.05) is 11.4 Å². The lowest BCUT2D eigenvalue weighted by molar-refractivity contribution is 0.0985. The molecule has 0 saturated carbocycles.